The van der Waals surface area contributed by atoms with E-state index >= 15 is 0 Å². The summed E-state index contributed by atoms with van der Waals surface area (Å²) in [5.41, 5.74) is 0. The van der Waals surface area contributed by atoms with Crippen LogP contribution in [-0.2, 0) is 4.79 Å². The van der Waals surface area contributed by atoms with Gasteiger partial charge in [0.2, 0.25) is 5.91 Å². The Balaban J connectivity index is 3.97. The van der Waals surface area contributed by atoms with Gasteiger partial charge in [-0.25, -0.2) is 0 Å². The highest BCUT2D eigenvalue weighted by atomic mass is 35.5. The maximum atomic E-state index is 12.2. The summed E-state index contributed by atoms with van der Waals surface area (Å²) in [4.78, 5) is 14.2. The molecule has 114 valence electrons. The minimum atomic E-state index is 0.296. The van der Waals surface area contributed by atoms with Crippen LogP contribution in [0.2, 0.25) is 0 Å². The summed E-state index contributed by atoms with van der Waals surface area (Å²) in [7, 11) is 0. The Bertz CT molecular complexity index is 217. The number of rotatable bonds is 12. The van der Waals surface area contributed by atoms with Crippen LogP contribution in [0.25, 0.3) is 0 Å². The Morgan fingerprint density at radius 3 is 2.11 bits per heavy atom. The number of nitrogens with zero attached hydrogens (tertiary/aromatic N) is 1. The molecule has 0 aliphatic carbocycles. The Hall–Kier alpha value is -0.240. The lowest BCUT2D eigenvalue weighted by Crippen LogP contribution is -2.40. The molecule has 0 aromatic heterocycles. The first-order valence-electron chi connectivity index (χ1n) is 8.06. The van der Waals surface area contributed by atoms with Crippen LogP contribution in [0.1, 0.15) is 78.6 Å². The molecule has 3 heteroatoms. The quantitative estimate of drug-likeness (QED) is 0.366. The first-order valence-corrected chi connectivity index (χ1v) is 8.60. The van der Waals surface area contributed by atoms with Crippen LogP contribution in [0.3, 0.4) is 0 Å². The van der Waals surface area contributed by atoms with E-state index in [1.54, 1.807) is 0 Å². The van der Waals surface area contributed by atoms with E-state index in [4.69, 9.17) is 11.6 Å². The van der Waals surface area contributed by atoms with Gasteiger partial charge in [-0.2, -0.15) is 0 Å². The van der Waals surface area contributed by atoms with Crippen molar-refractivity contribution in [3.05, 3.63) is 0 Å². The minimum Gasteiger partial charge on any atom is -0.339 e. The molecule has 0 fully saturated rings. The van der Waals surface area contributed by atoms with Crippen molar-refractivity contribution >= 4 is 17.5 Å². The van der Waals surface area contributed by atoms with Gasteiger partial charge in [0, 0.05) is 24.9 Å². The molecule has 0 radical (unpaired) electrons. The third-order valence-corrected chi connectivity index (χ3v) is 3.94. The van der Waals surface area contributed by atoms with E-state index in [9.17, 15) is 4.79 Å². The maximum Gasteiger partial charge on any atom is 0.222 e. The topological polar surface area (TPSA) is 20.3 Å². The van der Waals surface area contributed by atoms with E-state index in [1.807, 2.05) is 4.90 Å². The fourth-order valence-electron chi connectivity index (χ4n) is 2.53. The van der Waals surface area contributed by atoms with Crippen molar-refractivity contribution in [3.8, 4) is 0 Å². The number of unbranched alkanes of at least 4 members (excludes halogenated alkanes) is 5. The third kappa shape index (κ3) is 8.52. The lowest BCUT2D eigenvalue weighted by Gasteiger charge is -2.30. The third-order valence-electron chi connectivity index (χ3n) is 3.77. The molecule has 2 nitrogen and oxygen atoms in total. The Labute approximate surface area is 124 Å². The first kappa shape index (κ1) is 18.8. The smallest absolute Gasteiger partial charge is 0.222 e. The molecule has 19 heavy (non-hydrogen) atoms. The Kier molecular flexibility index (Phi) is 12.6. The number of amides is 1. The predicted molar refractivity (Wildman–Crippen MR) is 84.8 cm³/mol. The van der Waals surface area contributed by atoms with E-state index in [1.165, 1.54) is 32.1 Å². The zero-order chi connectivity index (χ0) is 14.5. The molecule has 0 saturated carbocycles. The van der Waals surface area contributed by atoms with Gasteiger partial charge in [-0.1, -0.05) is 52.9 Å². The van der Waals surface area contributed by atoms with Crippen molar-refractivity contribution in [3.63, 3.8) is 0 Å². The van der Waals surface area contributed by atoms with E-state index in [2.05, 4.69) is 20.8 Å². The van der Waals surface area contributed by atoms with Crippen LogP contribution in [0, 0.1) is 0 Å². The van der Waals surface area contributed by atoms with E-state index in [0.29, 0.717) is 30.8 Å². The summed E-state index contributed by atoms with van der Waals surface area (Å²) < 4.78 is 0. The molecule has 0 aromatic carbocycles. The first-order chi connectivity index (χ1) is 9.21. The Morgan fingerprint density at radius 2 is 1.58 bits per heavy atom. The van der Waals surface area contributed by atoms with Crippen molar-refractivity contribution in [1.82, 2.24) is 4.90 Å². The van der Waals surface area contributed by atoms with Gasteiger partial charge in [-0.3, -0.25) is 4.79 Å². The largest absolute Gasteiger partial charge is 0.339 e. The molecule has 0 N–H and O–H groups in total. The molecule has 0 unspecified atom stereocenters. The molecule has 0 spiro atoms. The molecule has 0 aliphatic rings. The summed E-state index contributed by atoms with van der Waals surface area (Å²) in [6.07, 6.45) is 10.1. The molecule has 0 rings (SSSR count). The second-order valence-electron chi connectivity index (χ2n) is 5.26. The van der Waals surface area contributed by atoms with Crippen molar-refractivity contribution in [2.24, 2.45) is 0 Å². The average Bonchev–Trinajstić information content (AvgIpc) is 2.42. The second kappa shape index (κ2) is 12.8. The highest BCUT2D eigenvalue weighted by molar-refractivity contribution is 6.18. The van der Waals surface area contributed by atoms with Gasteiger partial charge in [0.1, 0.15) is 0 Å². The summed E-state index contributed by atoms with van der Waals surface area (Å²) >= 11 is 5.82. The summed E-state index contributed by atoms with van der Waals surface area (Å²) in [5.74, 6) is 0.837. The monoisotopic (exact) mass is 289 g/mol. The average molecular weight is 290 g/mol. The summed E-state index contributed by atoms with van der Waals surface area (Å²) in [6.45, 7) is 7.21. The number of carbonyl (C=O) groups excluding carboxylic acids is 1. The van der Waals surface area contributed by atoms with Gasteiger partial charge in [-0.05, 0) is 19.3 Å². The predicted octanol–water partition coefficient (Wildman–Crippen LogP) is 4.99. The molecular formula is C16H32ClNO. The van der Waals surface area contributed by atoms with Crippen molar-refractivity contribution in [1.29, 1.82) is 0 Å². The Morgan fingerprint density at radius 1 is 1.00 bits per heavy atom. The fraction of sp³-hybridized carbons (Fsp3) is 0.938. The van der Waals surface area contributed by atoms with Gasteiger partial charge in [0.05, 0.1) is 0 Å². The number of halogens is 1. The van der Waals surface area contributed by atoms with Crippen LogP contribution in [-0.4, -0.2) is 29.3 Å². The van der Waals surface area contributed by atoms with E-state index in [-0.39, 0.29) is 0 Å². The van der Waals surface area contributed by atoms with Crippen LogP contribution in [0.5, 0.6) is 0 Å². The van der Waals surface area contributed by atoms with E-state index < -0.39 is 0 Å². The molecular weight excluding hydrogens is 258 g/mol. The number of carbonyl (C=O) groups is 1. The molecule has 0 aliphatic heterocycles. The molecule has 0 saturated heterocycles. The van der Waals surface area contributed by atoms with Crippen LogP contribution < -0.4 is 0 Å². The molecule has 0 bridgehead atoms. The van der Waals surface area contributed by atoms with Gasteiger partial charge in [-0.15, -0.1) is 11.6 Å². The number of hydrogen-bond acceptors (Lipinski definition) is 1. The van der Waals surface area contributed by atoms with E-state index in [0.717, 1.165) is 19.3 Å². The lowest BCUT2D eigenvalue weighted by atomic mass is 10.1. The maximum absolute atomic E-state index is 12.2. The zero-order valence-electron chi connectivity index (χ0n) is 13.1. The standard InChI is InChI=1S/C16H32ClNO/c1-4-7-8-9-10-11-12-16(19)18(14-13-17)15(5-2)6-3/h15H,4-14H2,1-3H3. The van der Waals surface area contributed by atoms with Crippen LogP contribution in [0.4, 0.5) is 0 Å². The molecule has 0 aromatic rings. The lowest BCUT2D eigenvalue weighted by molar-refractivity contribution is -0.133. The number of alkyl halides is 1. The van der Waals surface area contributed by atoms with Crippen molar-refractivity contribution in [2.45, 2.75) is 84.6 Å². The molecule has 0 atom stereocenters. The van der Waals surface area contributed by atoms with Crippen LogP contribution in [0.15, 0.2) is 0 Å². The zero-order valence-corrected chi connectivity index (χ0v) is 13.8. The molecule has 0 heterocycles. The van der Waals surface area contributed by atoms with Gasteiger partial charge in [0.15, 0.2) is 0 Å². The highest BCUT2D eigenvalue weighted by Gasteiger charge is 2.19. The number of hydrogen-bond donors (Lipinski definition) is 0. The van der Waals surface area contributed by atoms with Crippen LogP contribution >= 0.6 is 11.6 Å². The summed E-state index contributed by atoms with van der Waals surface area (Å²) in [5, 5.41) is 0. The SMILES string of the molecule is CCCCCCCCC(=O)N(CCCl)C(CC)CC. The van der Waals surface area contributed by atoms with Gasteiger partial charge in [0.25, 0.3) is 0 Å². The van der Waals surface area contributed by atoms with Gasteiger partial charge >= 0.3 is 0 Å². The van der Waals surface area contributed by atoms with Crippen molar-refractivity contribution in [2.75, 3.05) is 12.4 Å². The molecule has 1 amide bonds. The fourth-order valence-corrected chi connectivity index (χ4v) is 2.71. The minimum absolute atomic E-state index is 0.296. The van der Waals surface area contributed by atoms with Gasteiger partial charge < -0.3 is 4.90 Å². The summed E-state index contributed by atoms with van der Waals surface area (Å²) in [6, 6.07) is 0.367. The normalized spacial score (nSPS) is 11.0. The second-order valence-corrected chi connectivity index (χ2v) is 5.64. The highest BCUT2D eigenvalue weighted by Crippen LogP contribution is 2.13. The van der Waals surface area contributed by atoms with Crippen molar-refractivity contribution < 1.29 is 4.79 Å².